The van der Waals surface area contributed by atoms with Gasteiger partial charge in [-0.05, 0) is 42.3 Å². The molecule has 3 rings (SSSR count). The number of hydrogen-bond donors (Lipinski definition) is 3. The van der Waals surface area contributed by atoms with Crippen molar-refractivity contribution in [3.63, 3.8) is 0 Å². The Labute approximate surface area is 166 Å². The van der Waals surface area contributed by atoms with Crippen LogP contribution in [-0.2, 0) is 11.2 Å². The molecule has 1 aliphatic heterocycles. The lowest BCUT2D eigenvalue weighted by molar-refractivity contribution is -1.01. The van der Waals surface area contributed by atoms with E-state index in [0.717, 1.165) is 44.8 Å². The number of para-hydroxylation sites is 1. The van der Waals surface area contributed by atoms with E-state index in [4.69, 9.17) is 4.74 Å². The van der Waals surface area contributed by atoms with Crippen LogP contribution in [0, 0.1) is 5.82 Å². The summed E-state index contributed by atoms with van der Waals surface area (Å²) in [6.45, 7) is 8.16. The van der Waals surface area contributed by atoms with Gasteiger partial charge < -0.3 is 19.9 Å². The molecule has 0 spiro atoms. The number of benzene rings is 2. The van der Waals surface area contributed by atoms with E-state index in [1.165, 1.54) is 27.5 Å². The minimum absolute atomic E-state index is 0.0824. The van der Waals surface area contributed by atoms with Crippen LogP contribution in [0.15, 0.2) is 48.5 Å². The number of carbonyl (C=O) groups excluding carboxylic acids is 1. The van der Waals surface area contributed by atoms with Crippen LogP contribution in [0.3, 0.4) is 0 Å². The van der Waals surface area contributed by atoms with Crippen LogP contribution < -0.4 is 19.9 Å². The average molecular weight is 387 g/mol. The predicted octanol–water partition coefficient (Wildman–Crippen LogP) is 0.189. The maximum Gasteiger partial charge on any atom is 0.279 e. The van der Waals surface area contributed by atoms with Gasteiger partial charge in [0.25, 0.3) is 5.91 Å². The Kier molecular flexibility index (Phi) is 7.39. The molecule has 1 fully saturated rings. The van der Waals surface area contributed by atoms with E-state index in [0.29, 0.717) is 18.9 Å². The third kappa shape index (κ3) is 6.04. The first-order chi connectivity index (χ1) is 13.6. The highest BCUT2D eigenvalue weighted by molar-refractivity contribution is 5.92. The zero-order valence-electron chi connectivity index (χ0n) is 16.5. The second-order valence-corrected chi connectivity index (χ2v) is 7.29. The second kappa shape index (κ2) is 10.2. The second-order valence-electron chi connectivity index (χ2n) is 7.29. The van der Waals surface area contributed by atoms with E-state index in [1.807, 2.05) is 18.2 Å². The number of quaternary nitrogens is 2. The van der Waals surface area contributed by atoms with Gasteiger partial charge in [0.15, 0.2) is 6.54 Å². The van der Waals surface area contributed by atoms with Gasteiger partial charge in [-0.2, -0.15) is 0 Å². The lowest BCUT2D eigenvalue weighted by Crippen LogP contribution is -3.28. The van der Waals surface area contributed by atoms with Gasteiger partial charge >= 0.3 is 0 Å². The summed E-state index contributed by atoms with van der Waals surface area (Å²) >= 11 is 0. The van der Waals surface area contributed by atoms with Crippen LogP contribution in [-0.4, -0.2) is 51.8 Å². The molecule has 0 saturated carbocycles. The molecule has 1 heterocycles. The minimum Gasteiger partial charge on any atom is -0.488 e. The zero-order valence-corrected chi connectivity index (χ0v) is 16.5. The first-order valence-corrected chi connectivity index (χ1v) is 10.1. The van der Waals surface area contributed by atoms with E-state index in [-0.39, 0.29) is 11.7 Å². The maximum absolute atomic E-state index is 12.9. The number of halogens is 1. The van der Waals surface area contributed by atoms with E-state index in [2.05, 4.69) is 18.3 Å². The van der Waals surface area contributed by atoms with Crippen molar-refractivity contribution < 1.29 is 23.7 Å². The first kappa shape index (κ1) is 20.3. The van der Waals surface area contributed by atoms with Gasteiger partial charge in [0.2, 0.25) is 0 Å². The number of nitrogens with one attached hydrogen (secondary N) is 3. The molecule has 1 saturated heterocycles. The Bertz CT molecular complexity index is 759. The summed E-state index contributed by atoms with van der Waals surface area (Å²) in [7, 11) is 0. The van der Waals surface area contributed by atoms with E-state index in [9.17, 15) is 9.18 Å². The third-order valence-electron chi connectivity index (χ3n) is 5.29. The quantitative estimate of drug-likeness (QED) is 0.606. The average Bonchev–Trinajstić information content (AvgIpc) is 2.71. The summed E-state index contributed by atoms with van der Waals surface area (Å²) in [6.07, 6.45) is 0.908. The summed E-state index contributed by atoms with van der Waals surface area (Å²) in [5.41, 5.74) is 2.10. The smallest absolute Gasteiger partial charge is 0.279 e. The van der Waals surface area contributed by atoms with Crippen LogP contribution in [0.1, 0.15) is 12.5 Å². The fourth-order valence-corrected chi connectivity index (χ4v) is 3.60. The fraction of sp³-hybridized carbons (Fsp3) is 0.409. The Morgan fingerprint density at radius 3 is 2.43 bits per heavy atom. The maximum atomic E-state index is 12.9. The standard InChI is InChI=1S/C22H28FN3O2/c1-2-18-5-3-4-6-21(18)24-22(27)17-26-13-11-25(12-14-26)15-16-28-20-9-7-19(23)8-10-20/h3-10H,2,11-17H2,1H3,(H,24,27)/p+2. The number of anilines is 1. The monoisotopic (exact) mass is 387 g/mol. The SMILES string of the molecule is CCc1ccccc1NC(=O)C[NH+]1CC[NH+](CCOc2ccc(F)cc2)CC1. The van der Waals surface area contributed by atoms with Gasteiger partial charge in [0.1, 0.15) is 50.9 Å². The van der Waals surface area contributed by atoms with Gasteiger partial charge in [0.05, 0.1) is 0 Å². The van der Waals surface area contributed by atoms with Crippen LogP contribution >= 0.6 is 0 Å². The van der Waals surface area contributed by atoms with Crippen molar-refractivity contribution in [3.05, 3.63) is 59.9 Å². The van der Waals surface area contributed by atoms with E-state index < -0.39 is 0 Å². The molecule has 3 N–H and O–H groups in total. The number of hydrogen-bond acceptors (Lipinski definition) is 2. The Hall–Kier alpha value is -2.44. The van der Waals surface area contributed by atoms with Crippen molar-refractivity contribution in [2.75, 3.05) is 51.2 Å². The number of aryl methyl sites for hydroxylation is 1. The lowest BCUT2D eigenvalue weighted by atomic mass is 10.1. The highest BCUT2D eigenvalue weighted by Gasteiger charge is 2.24. The normalized spacial score (nSPS) is 19.2. The van der Waals surface area contributed by atoms with Crippen LogP contribution in [0.25, 0.3) is 0 Å². The Morgan fingerprint density at radius 2 is 1.71 bits per heavy atom. The summed E-state index contributed by atoms with van der Waals surface area (Å²) in [6, 6.07) is 14.1. The van der Waals surface area contributed by atoms with Crippen molar-refractivity contribution >= 4 is 11.6 Å². The number of piperazine rings is 1. The summed E-state index contributed by atoms with van der Waals surface area (Å²) in [5.74, 6) is 0.535. The van der Waals surface area contributed by atoms with Crippen LogP contribution in [0.4, 0.5) is 10.1 Å². The lowest BCUT2D eigenvalue weighted by Gasteiger charge is -2.29. The van der Waals surface area contributed by atoms with Gasteiger partial charge in [-0.15, -0.1) is 0 Å². The molecule has 2 aromatic carbocycles. The highest BCUT2D eigenvalue weighted by atomic mass is 19.1. The van der Waals surface area contributed by atoms with E-state index in [1.54, 1.807) is 12.1 Å². The predicted molar refractivity (Wildman–Crippen MR) is 107 cm³/mol. The number of carbonyl (C=O) groups is 1. The van der Waals surface area contributed by atoms with Gasteiger partial charge in [-0.3, -0.25) is 4.79 Å². The van der Waals surface area contributed by atoms with Gasteiger partial charge in [-0.1, -0.05) is 25.1 Å². The molecule has 0 aliphatic carbocycles. The van der Waals surface area contributed by atoms with Gasteiger partial charge in [0, 0.05) is 5.69 Å². The molecule has 6 heteroatoms. The zero-order chi connectivity index (χ0) is 19.8. The summed E-state index contributed by atoms with van der Waals surface area (Å²) < 4.78 is 18.6. The summed E-state index contributed by atoms with van der Waals surface area (Å²) in [4.78, 5) is 15.2. The molecule has 0 unspecified atom stereocenters. The molecule has 0 aromatic heterocycles. The Balaban J connectivity index is 1.35. The minimum atomic E-state index is -0.251. The topological polar surface area (TPSA) is 47.2 Å². The highest BCUT2D eigenvalue weighted by Crippen LogP contribution is 2.14. The molecule has 5 nitrogen and oxygen atoms in total. The van der Waals surface area contributed by atoms with Crippen LogP contribution in [0.5, 0.6) is 5.75 Å². The molecule has 0 radical (unpaired) electrons. The molecule has 0 bridgehead atoms. The van der Waals surface area contributed by atoms with Crippen molar-refractivity contribution in [3.8, 4) is 5.75 Å². The third-order valence-corrected chi connectivity index (χ3v) is 5.29. The molecule has 0 atom stereocenters. The molecule has 2 aromatic rings. The molecule has 1 amide bonds. The van der Waals surface area contributed by atoms with Gasteiger partial charge in [-0.25, -0.2) is 4.39 Å². The van der Waals surface area contributed by atoms with Crippen molar-refractivity contribution in [1.29, 1.82) is 0 Å². The fourth-order valence-electron chi connectivity index (χ4n) is 3.60. The largest absolute Gasteiger partial charge is 0.488 e. The Morgan fingerprint density at radius 1 is 1.04 bits per heavy atom. The summed E-state index contributed by atoms with van der Waals surface area (Å²) in [5, 5.41) is 3.06. The molecular weight excluding hydrogens is 357 g/mol. The molecular formula is C22H30FN3O2+2. The molecule has 28 heavy (non-hydrogen) atoms. The number of ether oxygens (including phenoxy) is 1. The van der Waals surface area contributed by atoms with Crippen molar-refractivity contribution in [2.45, 2.75) is 13.3 Å². The number of rotatable bonds is 8. The molecule has 150 valence electrons. The van der Waals surface area contributed by atoms with Crippen LogP contribution in [0.2, 0.25) is 0 Å². The number of amides is 1. The van der Waals surface area contributed by atoms with Crippen molar-refractivity contribution in [1.82, 2.24) is 0 Å². The van der Waals surface area contributed by atoms with Crippen molar-refractivity contribution in [2.24, 2.45) is 0 Å². The van der Waals surface area contributed by atoms with E-state index >= 15 is 0 Å². The first-order valence-electron chi connectivity index (χ1n) is 10.1. The molecule has 1 aliphatic rings.